The lowest BCUT2D eigenvalue weighted by Gasteiger charge is -2.19. The van der Waals surface area contributed by atoms with Gasteiger partial charge in [0.2, 0.25) is 0 Å². The molecule has 0 spiro atoms. The van der Waals surface area contributed by atoms with Gasteiger partial charge in [-0.2, -0.15) is 0 Å². The Balaban J connectivity index is 1.40. The summed E-state index contributed by atoms with van der Waals surface area (Å²) in [6.07, 6.45) is 5.75. The second-order valence-corrected chi connectivity index (χ2v) is 9.64. The van der Waals surface area contributed by atoms with E-state index in [-0.39, 0.29) is 24.0 Å². The van der Waals surface area contributed by atoms with E-state index in [4.69, 9.17) is 20.9 Å². The molecule has 186 valence electrons. The predicted molar refractivity (Wildman–Crippen MR) is 139 cm³/mol. The lowest BCUT2D eigenvalue weighted by atomic mass is 10.1. The Labute approximate surface area is 210 Å². The number of nitrogen functional groups attached to an aromatic ring is 1. The zero-order chi connectivity index (χ0) is 25.2. The lowest BCUT2D eigenvalue weighted by molar-refractivity contribution is -0.151. The first-order chi connectivity index (χ1) is 17.4. The number of para-hydroxylation sites is 1. The molecule has 0 saturated heterocycles. The number of carbonyl (C=O) groups excluding carboxylic acids is 1. The predicted octanol–water partition coefficient (Wildman–Crippen LogP) is 5.09. The number of hydrogen-bond donors (Lipinski definition) is 2. The maximum Gasteiger partial charge on any atom is 0.323 e. The molecular weight excluding hydrogens is 454 g/mol. The first-order valence-corrected chi connectivity index (χ1v) is 12.3. The number of ether oxygens (including phenoxy) is 2. The van der Waals surface area contributed by atoms with Crippen LogP contribution < -0.4 is 16.2 Å². The van der Waals surface area contributed by atoms with E-state index in [2.05, 4.69) is 20.7 Å². The molecular formula is C28H31N5O3. The van der Waals surface area contributed by atoms with Crippen molar-refractivity contribution in [2.45, 2.75) is 51.3 Å². The van der Waals surface area contributed by atoms with Crippen LogP contribution in [0.3, 0.4) is 0 Å². The van der Waals surface area contributed by atoms with Crippen LogP contribution in [-0.2, 0) is 9.53 Å². The summed E-state index contributed by atoms with van der Waals surface area (Å²) in [6, 6.07) is 17.1. The quantitative estimate of drug-likeness (QED) is 0.350. The zero-order valence-electron chi connectivity index (χ0n) is 20.5. The third-order valence-corrected chi connectivity index (χ3v) is 6.81. The second-order valence-electron chi connectivity index (χ2n) is 9.64. The summed E-state index contributed by atoms with van der Waals surface area (Å²) in [6.45, 7) is 3.84. The second kappa shape index (κ2) is 9.99. The molecule has 8 nitrogen and oxygen atoms in total. The maximum atomic E-state index is 12.4. The summed E-state index contributed by atoms with van der Waals surface area (Å²) in [5.74, 6) is 1.67. The molecule has 1 aliphatic rings. The van der Waals surface area contributed by atoms with Gasteiger partial charge in [0.1, 0.15) is 41.4 Å². The molecule has 5 rings (SSSR count). The number of hydrogen-bond acceptors (Lipinski definition) is 7. The minimum absolute atomic E-state index is 0.0369. The molecule has 8 heteroatoms. The van der Waals surface area contributed by atoms with Crippen LogP contribution in [0, 0.1) is 5.92 Å². The first kappa shape index (κ1) is 23.8. The van der Waals surface area contributed by atoms with Gasteiger partial charge in [-0.25, -0.2) is 9.97 Å². The summed E-state index contributed by atoms with van der Waals surface area (Å²) < 4.78 is 13.8. The van der Waals surface area contributed by atoms with Crippen molar-refractivity contribution >= 4 is 22.8 Å². The largest absolute Gasteiger partial charge is 0.461 e. The highest BCUT2D eigenvalue weighted by Crippen LogP contribution is 2.40. The average Bonchev–Trinajstić information content (AvgIpc) is 3.50. The summed E-state index contributed by atoms with van der Waals surface area (Å²) in [4.78, 5) is 21.2. The maximum absolute atomic E-state index is 12.4. The van der Waals surface area contributed by atoms with E-state index >= 15 is 0 Å². The van der Waals surface area contributed by atoms with E-state index in [1.165, 1.54) is 6.33 Å². The Bertz CT molecular complexity index is 1350. The molecule has 2 aromatic heterocycles. The zero-order valence-corrected chi connectivity index (χ0v) is 20.5. The summed E-state index contributed by atoms with van der Waals surface area (Å²) >= 11 is 0. The molecule has 2 heterocycles. The van der Waals surface area contributed by atoms with Crippen LogP contribution in [0.2, 0.25) is 0 Å². The molecule has 0 aliphatic heterocycles. The SMILES string of the molecule is CC(C)[C@H](N)C(=O)OC1CCC(n2cc(-c3ccc(Oc4ccccc4)cc3)c3c(N)ncnc32)C1. The van der Waals surface area contributed by atoms with Crippen LogP contribution >= 0.6 is 0 Å². The van der Waals surface area contributed by atoms with Crippen molar-refractivity contribution in [2.75, 3.05) is 5.73 Å². The average molecular weight is 486 g/mol. The third-order valence-electron chi connectivity index (χ3n) is 6.81. The van der Waals surface area contributed by atoms with E-state index in [0.717, 1.165) is 46.5 Å². The highest BCUT2D eigenvalue weighted by Gasteiger charge is 2.32. The third kappa shape index (κ3) is 4.77. The monoisotopic (exact) mass is 485 g/mol. The Kier molecular flexibility index (Phi) is 6.61. The smallest absolute Gasteiger partial charge is 0.323 e. The molecule has 2 unspecified atom stereocenters. The van der Waals surface area contributed by atoms with E-state index in [1.54, 1.807) is 0 Å². The molecule has 1 fully saturated rings. The van der Waals surface area contributed by atoms with Gasteiger partial charge in [-0.15, -0.1) is 0 Å². The minimum Gasteiger partial charge on any atom is -0.461 e. The Morgan fingerprint density at radius 3 is 2.47 bits per heavy atom. The number of anilines is 1. The van der Waals surface area contributed by atoms with Gasteiger partial charge in [0.25, 0.3) is 0 Å². The van der Waals surface area contributed by atoms with Crippen molar-refractivity contribution in [3.63, 3.8) is 0 Å². The van der Waals surface area contributed by atoms with Crippen LogP contribution in [0.25, 0.3) is 22.2 Å². The van der Waals surface area contributed by atoms with Gasteiger partial charge >= 0.3 is 5.97 Å². The summed E-state index contributed by atoms with van der Waals surface area (Å²) in [5, 5.41) is 0.816. The fourth-order valence-electron chi connectivity index (χ4n) is 4.72. The van der Waals surface area contributed by atoms with Crippen molar-refractivity contribution < 1.29 is 14.3 Å². The molecule has 1 saturated carbocycles. The topological polar surface area (TPSA) is 118 Å². The molecule has 4 N–H and O–H groups in total. The van der Waals surface area contributed by atoms with Crippen LogP contribution in [0.15, 0.2) is 67.1 Å². The first-order valence-electron chi connectivity index (χ1n) is 12.3. The number of fused-ring (bicyclic) bond motifs is 1. The van der Waals surface area contributed by atoms with Gasteiger partial charge in [0.05, 0.1) is 5.39 Å². The number of esters is 1. The van der Waals surface area contributed by atoms with Crippen molar-refractivity contribution in [1.82, 2.24) is 14.5 Å². The van der Waals surface area contributed by atoms with Crippen LogP contribution in [0.1, 0.15) is 39.2 Å². The number of carbonyl (C=O) groups is 1. The number of nitrogens with zero attached hydrogens (tertiary/aromatic N) is 3. The van der Waals surface area contributed by atoms with Crippen LogP contribution in [0.4, 0.5) is 5.82 Å². The van der Waals surface area contributed by atoms with Gasteiger partial charge in [-0.3, -0.25) is 4.79 Å². The van der Waals surface area contributed by atoms with Crippen molar-refractivity contribution in [2.24, 2.45) is 11.7 Å². The molecule has 0 bridgehead atoms. The number of rotatable bonds is 7. The summed E-state index contributed by atoms with van der Waals surface area (Å²) in [7, 11) is 0. The molecule has 2 aromatic carbocycles. The molecule has 0 radical (unpaired) electrons. The van der Waals surface area contributed by atoms with E-state index in [0.29, 0.717) is 12.2 Å². The molecule has 0 amide bonds. The Morgan fingerprint density at radius 1 is 1.03 bits per heavy atom. The van der Waals surface area contributed by atoms with Crippen molar-refractivity contribution in [3.05, 3.63) is 67.1 Å². The van der Waals surface area contributed by atoms with Crippen LogP contribution in [0.5, 0.6) is 11.5 Å². The molecule has 1 aliphatic carbocycles. The normalized spacial score (nSPS) is 18.4. The summed E-state index contributed by atoms with van der Waals surface area (Å²) in [5.41, 5.74) is 15.0. The van der Waals surface area contributed by atoms with Gasteiger partial charge in [0.15, 0.2) is 0 Å². The van der Waals surface area contributed by atoms with Gasteiger partial charge in [-0.05, 0) is 48.6 Å². The van der Waals surface area contributed by atoms with Crippen molar-refractivity contribution in [3.8, 4) is 22.6 Å². The van der Waals surface area contributed by atoms with E-state index < -0.39 is 6.04 Å². The molecule has 3 atom stereocenters. The lowest BCUT2D eigenvalue weighted by Crippen LogP contribution is -2.38. The molecule has 4 aromatic rings. The highest BCUT2D eigenvalue weighted by atomic mass is 16.5. The molecule has 36 heavy (non-hydrogen) atoms. The number of nitrogens with two attached hydrogens (primary N) is 2. The van der Waals surface area contributed by atoms with Crippen molar-refractivity contribution in [1.29, 1.82) is 0 Å². The Hall–Kier alpha value is -3.91. The highest BCUT2D eigenvalue weighted by molar-refractivity contribution is 6.00. The number of benzene rings is 2. The Morgan fingerprint density at radius 2 is 1.75 bits per heavy atom. The standard InChI is InChI=1S/C28H31N5O3/c1-17(2)25(29)28(34)36-22-13-10-19(14-22)33-15-23(24-26(30)31-16-32-27(24)33)18-8-11-21(12-9-18)35-20-6-4-3-5-7-20/h3-9,11-12,15-17,19,22,25H,10,13-14,29H2,1-2H3,(H2,30,31,32)/t19?,22?,25-/m0/s1. The fraction of sp³-hybridized carbons (Fsp3) is 0.321. The minimum atomic E-state index is -0.607. The number of aromatic nitrogens is 3. The van der Waals surface area contributed by atoms with Gasteiger partial charge in [-0.1, -0.05) is 44.2 Å². The van der Waals surface area contributed by atoms with Crippen LogP contribution in [-0.4, -0.2) is 32.7 Å². The van der Waals surface area contributed by atoms with E-state index in [9.17, 15) is 4.79 Å². The fourth-order valence-corrected chi connectivity index (χ4v) is 4.72. The van der Waals surface area contributed by atoms with Gasteiger partial charge in [0, 0.05) is 24.2 Å². The van der Waals surface area contributed by atoms with Gasteiger partial charge < -0.3 is 25.5 Å². The van der Waals surface area contributed by atoms with E-state index in [1.807, 2.05) is 68.4 Å².